The average molecular weight is 216 g/mol. The van der Waals surface area contributed by atoms with Crippen LogP contribution in [0.3, 0.4) is 0 Å². The zero-order chi connectivity index (χ0) is 11.5. The van der Waals surface area contributed by atoms with Crippen LogP contribution in [0, 0.1) is 6.92 Å². The van der Waals surface area contributed by atoms with Crippen molar-refractivity contribution in [3.8, 4) is 0 Å². The standard InChI is InChI=1S/C12H13N3O/c1-10-5-3-4-6-11(10)13-12(16)15-8-7-14(2)9-15/h3-9H,1-2H3/p+1. The number of rotatable bonds is 1. The van der Waals surface area contributed by atoms with Crippen LogP contribution in [-0.4, -0.2) is 10.6 Å². The molecule has 16 heavy (non-hydrogen) atoms. The van der Waals surface area contributed by atoms with Crippen LogP contribution in [0.1, 0.15) is 5.56 Å². The Labute approximate surface area is 94.1 Å². The van der Waals surface area contributed by atoms with Crippen molar-refractivity contribution in [2.45, 2.75) is 6.92 Å². The molecule has 1 N–H and O–H groups in total. The maximum atomic E-state index is 11.8. The molecule has 0 spiro atoms. The summed E-state index contributed by atoms with van der Waals surface area (Å²) >= 11 is 0. The molecule has 0 aliphatic heterocycles. The highest BCUT2D eigenvalue weighted by atomic mass is 16.2. The number of anilines is 1. The van der Waals surface area contributed by atoms with Crippen molar-refractivity contribution in [2.24, 2.45) is 7.05 Å². The van der Waals surface area contributed by atoms with Crippen molar-refractivity contribution in [3.05, 3.63) is 48.5 Å². The third kappa shape index (κ3) is 2.11. The summed E-state index contributed by atoms with van der Waals surface area (Å²) in [6.07, 6.45) is 5.25. The Morgan fingerprint density at radius 1 is 1.38 bits per heavy atom. The van der Waals surface area contributed by atoms with Crippen molar-refractivity contribution in [1.29, 1.82) is 0 Å². The number of para-hydroxylation sites is 1. The van der Waals surface area contributed by atoms with E-state index in [1.165, 1.54) is 4.57 Å². The maximum Gasteiger partial charge on any atom is 0.417 e. The first-order valence-electron chi connectivity index (χ1n) is 5.07. The zero-order valence-electron chi connectivity index (χ0n) is 9.34. The van der Waals surface area contributed by atoms with E-state index < -0.39 is 0 Å². The molecule has 4 heteroatoms. The Balaban J connectivity index is 2.17. The molecule has 0 unspecified atom stereocenters. The minimum absolute atomic E-state index is 0.157. The Morgan fingerprint density at radius 2 is 2.12 bits per heavy atom. The van der Waals surface area contributed by atoms with Crippen LogP contribution in [0.25, 0.3) is 0 Å². The highest BCUT2D eigenvalue weighted by Gasteiger charge is 2.11. The molecule has 0 saturated heterocycles. The number of imidazole rings is 1. The molecule has 2 rings (SSSR count). The van der Waals surface area contributed by atoms with Gasteiger partial charge >= 0.3 is 6.03 Å². The first kappa shape index (κ1) is 10.4. The second kappa shape index (κ2) is 4.18. The first-order valence-corrected chi connectivity index (χ1v) is 5.07. The van der Waals surface area contributed by atoms with E-state index in [0.29, 0.717) is 0 Å². The summed E-state index contributed by atoms with van der Waals surface area (Å²) in [5.41, 5.74) is 1.89. The lowest BCUT2D eigenvalue weighted by Crippen LogP contribution is -2.26. The molecular weight excluding hydrogens is 202 g/mol. The summed E-state index contributed by atoms with van der Waals surface area (Å²) in [6, 6.07) is 7.54. The molecule has 0 aliphatic carbocycles. The highest BCUT2D eigenvalue weighted by Crippen LogP contribution is 2.13. The number of aromatic nitrogens is 2. The molecular formula is C12H14N3O+. The van der Waals surface area contributed by atoms with Crippen LogP contribution < -0.4 is 9.88 Å². The lowest BCUT2D eigenvalue weighted by Gasteiger charge is -2.04. The molecule has 0 aliphatic rings. The van der Waals surface area contributed by atoms with Crippen molar-refractivity contribution in [1.82, 2.24) is 4.57 Å². The Kier molecular flexibility index (Phi) is 2.72. The fourth-order valence-corrected chi connectivity index (χ4v) is 1.46. The van der Waals surface area contributed by atoms with Gasteiger partial charge in [0.2, 0.25) is 0 Å². The van der Waals surface area contributed by atoms with Crippen molar-refractivity contribution >= 4 is 11.7 Å². The lowest BCUT2D eigenvalue weighted by atomic mass is 10.2. The third-order valence-corrected chi connectivity index (χ3v) is 2.39. The van der Waals surface area contributed by atoms with E-state index >= 15 is 0 Å². The SMILES string of the molecule is Cc1ccccc1NC(=O)n1cc[n+](C)c1. The molecule has 0 saturated carbocycles. The van der Waals surface area contributed by atoms with Gasteiger partial charge in [-0.05, 0) is 18.6 Å². The number of amides is 1. The van der Waals surface area contributed by atoms with Crippen molar-refractivity contribution < 1.29 is 9.36 Å². The lowest BCUT2D eigenvalue weighted by molar-refractivity contribution is -0.670. The first-order chi connectivity index (χ1) is 7.66. The van der Waals surface area contributed by atoms with Crippen LogP contribution in [0.5, 0.6) is 0 Å². The van der Waals surface area contributed by atoms with Gasteiger partial charge in [0.15, 0.2) is 0 Å². The number of benzene rings is 1. The quantitative estimate of drug-likeness (QED) is 0.724. The van der Waals surface area contributed by atoms with Gasteiger partial charge in [-0.25, -0.2) is 9.36 Å². The van der Waals surface area contributed by atoms with Gasteiger partial charge < -0.3 is 0 Å². The summed E-state index contributed by atoms with van der Waals surface area (Å²) in [4.78, 5) is 11.8. The van der Waals surface area contributed by atoms with Crippen LogP contribution in [-0.2, 0) is 7.05 Å². The van der Waals surface area contributed by atoms with Crippen LogP contribution in [0.15, 0.2) is 43.0 Å². The smallest absolute Gasteiger partial charge is 0.287 e. The van der Waals surface area contributed by atoms with Crippen molar-refractivity contribution in [3.63, 3.8) is 0 Å². The van der Waals surface area contributed by atoms with Gasteiger partial charge in [0, 0.05) is 5.69 Å². The van der Waals surface area contributed by atoms with Gasteiger partial charge in [-0.15, -0.1) is 0 Å². The van der Waals surface area contributed by atoms with Gasteiger partial charge in [0.25, 0.3) is 6.33 Å². The fourth-order valence-electron chi connectivity index (χ4n) is 1.46. The van der Waals surface area contributed by atoms with Crippen molar-refractivity contribution in [2.75, 3.05) is 5.32 Å². The van der Waals surface area contributed by atoms with Gasteiger partial charge in [-0.3, -0.25) is 5.32 Å². The second-order valence-corrected chi connectivity index (χ2v) is 3.73. The predicted molar refractivity (Wildman–Crippen MR) is 61.2 cm³/mol. The van der Waals surface area contributed by atoms with E-state index in [2.05, 4.69) is 5.32 Å². The molecule has 1 amide bonds. The van der Waals surface area contributed by atoms with E-state index in [9.17, 15) is 4.79 Å². The number of nitrogens with one attached hydrogen (secondary N) is 1. The summed E-state index contributed by atoms with van der Waals surface area (Å²) < 4.78 is 3.32. The van der Waals surface area contributed by atoms with Crippen LogP contribution >= 0.6 is 0 Å². The molecule has 1 aromatic carbocycles. The number of hydrogen-bond donors (Lipinski definition) is 1. The summed E-state index contributed by atoms with van der Waals surface area (Å²) in [7, 11) is 1.87. The molecule has 4 nitrogen and oxygen atoms in total. The third-order valence-electron chi connectivity index (χ3n) is 2.39. The molecule has 1 heterocycles. The minimum Gasteiger partial charge on any atom is -0.287 e. The van der Waals surface area contributed by atoms with Gasteiger partial charge in [0.1, 0.15) is 12.4 Å². The Bertz CT molecular complexity index is 516. The predicted octanol–water partition coefficient (Wildman–Crippen LogP) is 1.70. The summed E-state index contributed by atoms with van der Waals surface area (Å²) in [5.74, 6) is 0. The van der Waals surface area contributed by atoms with E-state index in [1.807, 2.05) is 49.0 Å². The largest absolute Gasteiger partial charge is 0.417 e. The molecule has 2 aromatic rings. The molecule has 0 fully saturated rings. The molecule has 1 aromatic heterocycles. The summed E-state index contributed by atoms with van der Waals surface area (Å²) in [5, 5.41) is 2.85. The average Bonchev–Trinajstić information content (AvgIpc) is 2.68. The topological polar surface area (TPSA) is 37.9 Å². The highest BCUT2D eigenvalue weighted by molar-refractivity contribution is 5.91. The number of carbonyl (C=O) groups is 1. The number of hydrogen-bond acceptors (Lipinski definition) is 1. The second-order valence-electron chi connectivity index (χ2n) is 3.73. The molecule has 0 bridgehead atoms. The van der Waals surface area contributed by atoms with Crippen LogP contribution in [0.4, 0.5) is 10.5 Å². The van der Waals surface area contributed by atoms with Gasteiger partial charge in [-0.2, -0.15) is 4.57 Å². The zero-order valence-corrected chi connectivity index (χ0v) is 9.34. The van der Waals surface area contributed by atoms with E-state index in [0.717, 1.165) is 11.3 Å². The number of aryl methyl sites for hydroxylation is 2. The molecule has 82 valence electrons. The number of carbonyl (C=O) groups excluding carboxylic acids is 1. The number of nitrogens with zero attached hydrogens (tertiary/aromatic N) is 2. The van der Waals surface area contributed by atoms with Gasteiger partial charge in [-0.1, -0.05) is 18.2 Å². The van der Waals surface area contributed by atoms with E-state index in [-0.39, 0.29) is 6.03 Å². The fraction of sp³-hybridized carbons (Fsp3) is 0.167. The Hall–Kier alpha value is -2.10. The molecule has 0 radical (unpaired) electrons. The monoisotopic (exact) mass is 216 g/mol. The minimum atomic E-state index is -0.157. The van der Waals surface area contributed by atoms with Gasteiger partial charge in [0.05, 0.1) is 7.05 Å². The maximum absolute atomic E-state index is 11.8. The normalized spacial score (nSPS) is 10.1. The van der Waals surface area contributed by atoms with Crippen LogP contribution in [0.2, 0.25) is 0 Å². The van der Waals surface area contributed by atoms with E-state index in [1.54, 1.807) is 12.5 Å². The summed E-state index contributed by atoms with van der Waals surface area (Å²) in [6.45, 7) is 1.96. The molecule has 0 atom stereocenters. The Morgan fingerprint density at radius 3 is 2.75 bits per heavy atom. The van der Waals surface area contributed by atoms with E-state index in [4.69, 9.17) is 0 Å².